The van der Waals surface area contributed by atoms with Gasteiger partial charge in [-0.25, -0.2) is 0 Å². The molecule has 1 rings (SSSR count). The molecule has 82 valence electrons. The van der Waals surface area contributed by atoms with Crippen LogP contribution < -0.4 is 0 Å². The van der Waals surface area contributed by atoms with Crippen LogP contribution in [0.4, 0.5) is 0 Å². The molecule has 0 aromatic rings. The highest BCUT2D eigenvalue weighted by Gasteiger charge is 2.45. The number of aliphatic hydroxyl groups is 1. The molecule has 0 radical (unpaired) electrons. The van der Waals surface area contributed by atoms with Gasteiger partial charge in [-0.1, -0.05) is 20.3 Å². The van der Waals surface area contributed by atoms with Gasteiger partial charge in [0, 0.05) is 0 Å². The Morgan fingerprint density at radius 3 is 2.64 bits per heavy atom. The van der Waals surface area contributed by atoms with Gasteiger partial charge in [0.2, 0.25) is 0 Å². The minimum absolute atomic E-state index is 0.457. The molecule has 3 nitrogen and oxygen atoms in total. The van der Waals surface area contributed by atoms with E-state index in [0.29, 0.717) is 25.2 Å². The van der Waals surface area contributed by atoms with Crippen LogP contribution in [0.25, 0.3) is 0 Å². The van der Waals surface area contributed by atoms with E-state index in [1.807, 2.05) is 6.92 Å². The fraction of sp³-hybridized carbons (Fsp3) is 0.909. The second-order valence-electron chi connectivity index (χ2n) is 4.63. The Labute approximate surface area is 85.1 Å². The van der Waals surface area contributed by atoms with E-state index in [9.17, 15) is 9.90 Å². The molecule has 2 N–H and O–H groups in total. The lowest BCUT2D eigenvalue weighted by Gasteiger charge is -2.29. The number of hydrogen-bond acceptors (Lipinski definition) is 2. The van der Waals surface area contributed by atoms with Gasteiger partial charge in [-0.2, -0.15) is 0 Å². The van der Waals surface area contributed by atoms with Crippen molar-refractivity contribution < 1.29 is 15.0 Å². The zero-order valence-electron chi connectivity index (χ0n) is 8.99. The molecule has 0 spiro atoms. The first-order valence-corrected chi connectivity index (χ1v) is 5.44. The van der Waals surface area contributed by atoms with Crippen LogP contribution in [0.3, 0.4) is 0 Å². The second-order valence-corrected chi connectivity index (χ2v) is 4.63. The first kappa shape index (κ1) is 11.5. The Balaban J connectivity index is 2.71. The van der Waals surface area contributed by atoms with Crippen molar-refractivity contribution >= 4 is 5.97 Å². The predicted octanol–water partition coefficient (Wildman–Crippen LogP) is 2.04. The van der Waals surface area contributed by atoms with Crippen LogP contribution in [-0.2, 0) is 4.79 Å². The fourth-order valence-corrected chi connectivity index (χ4v) is 2.53. The number of carboxylic acids is 1. The molecule has 3 atom stereocenters. The zero-order chi connectivity index (χ0) is 10.8. The van der Waals surface area contributed by atoms with Crippen LogP contribution in [0.2, 0.25) is 0 Å². The van der Waals surface area contributed by atoms with E-state index in [1.54, 1.807) is 0 Å². The molecule has 0 aliphatic heterocycles. The molecule has 0 aromatic carbocycles. The topological polar surface area (TPSA) is 57.5 Å². The van der Waals surface area contributed by atoms with Gasteiger partial charge in [0.15, 0.2) is 0 Å². The standard InChI is InChI=1S/C11H20O3/c1-3-4-9(10(12)13)11(14)6-5-8(2)7-11/h8-9,14H,3-7H2,1-2H3,(H,12,13). The van der Waals surface area contributed by atoms with Crippen LogP contribution in [0.1, 0.15) is 46.0 Å². The molecule has 1 aliphatic carbocycles. The Morgan fingerprint density at radius 2 is 2.29 bits per heavy atom. The highest BCUT2D eigenvalue weighted by molar-refractivity contribution is 5.71. The van der Waals surface area contributed by atoms with Crippen LogP contribution in [-0.4, -0.2) is 21.8 Å². The Bertz CT molecular complexity index is 215. The maximum Gasteiger partial charge on any atom is 0.309 e. The van der Waals surface area contributed by atoms with Crippen LogP contribution in [0.15, 0.2) is 0 Å². The van der Waals surface area contributed by atoms with Gasteiger partial charge in [0.05, 0.1) is 11.5 Å². The second kappa shape index (κ2) is 4.30. The smallest absolute Gasteiger partial charge is 0.309 e. The van der Waals surface area contributed by atoms with E-state index in [2.05, 4.69) is 6.92 Å². The van der Waals surface area contributed by atoms with E-state index in [1.165, 1.54) is 0 Å². The summed E-state index contributed by atoms with van der Waals surface area (Å²) in [4.78, 5) is 11.0. The van der Waals surface area contributed by atoms with Gasteiger partial charge in [-0.3, -0.25) is 4.79 Å². The van der Waals surface area contributed by atoms with Gasteiger partial charge in [-0.05, 0) is 31.6 Å². The molecule has 1 saturated carbocycles. The van der Waals surface area contributed by atoms with Crippen molar-refractivity contribution in [3.63, 3.8) is 0 Å². The van der Waals surface area contributed by atoms with Crippen molar-refractivity contribution in [1.82, 2.24) is 0 Å². The summed E-state index contributed by atoms with van der Waals surface area (Å²) in [5.41, 5.74) is -0.943. The summed E-state index contributed by atoms with van der Waals surface area (Å²) in [6.45, 7) is 4.03. The summed E-state index contributed by atoms with van der Waals surface area (Å²) >= 11 is 0. The summed E-state index contributed by atoms with van der Waals surface area (Å²) in [6, 6.07) is 0. The molecule has 3 unspecified atom stereocenters. The number of aliphatic carboxylic acids is 1. The molecule has 3 heteroatoms. The third kappa shape index (κ3) is 2.27. The summed E-state index contributed by atoms with van der Waals surface area (Å²) in [5.74, 6) is -0.959. The predicted molar refractivity (Wildman–Crippen MR) is 54.0 cm³/mol. The van der Waals surface area contributed by atoms with Gasteiger partial charge < -0.3 is 10.2 Å². The van der Waals surface area contributed by atoms with E-state index in [0.717, 1.165) is 12.8 Å². The molecule has 0 heterocycles. The molecule has 0 bridgehead atoms. The van der Waals surface area contributed by atoms with Crippen molar-refractivity contribution in [3.05, 3.63) is 0 Å². The number of rotatable bonds is 4. The molecule has 14 heavy (non-hydrogen) atoms. The first-order valence-electron chi connectivity index (χ1n) is 5.44. The number of carboxylic acid groups (broad SMARTS) is 1. The van der Waals surface area contributed by atoms with Crippen molar-refractivity contribution in [2.24, 2.45) is 11.8 Å². The molecule has 0 saturated heterocycles. The number of hydrogen-bond donors (Lipinski definition) is 2. The molecule has 0 aromatic heterocycles. The van der Waals surface area contributed by atoms with E-state index < -0.39 is 17.5 Å². The third-order valence-electron chi connectivity index (χ3n) is 3.30. The quantitative estimate of drug-likeness (QED) is 0.730. The average molecular weight is 200 g/mol. The third-order valence-corrected chi connectivity index (χ3v) is 3.30. The van der Waals surface area contributed by atoms with Crippen molar-refractivity contribution in [2.45, 2.75) is 51.6 Å². The van der Waals surface area contributed by atoms with Crippen LogP contribution in [0.5, 0.6) is 0 Å². The molecular weight excluding hydrogens is 180 g/mol. The normalized spacial score (nSPS) is 34.4. The van der Waals surface area contributed by atoms with E-state index in [4.69, 9.17) is 5.11 Å². The number of carbonyl (C=O) groups is 1. The fourth-order valence-electron chi connectivity index (χ4n) is 2.53. The maximum absolute atomic E-state index is 11.0. The maximum atomic E-state index is 11.0. The lowest BCUT2D eigenvalue weighted by Crippen LogP contribution is -2.40. The van der Waals surface area contributed by atoms with Crippen LogP contribution >= 0.6 is 0 Å². The van der Waals surface area contributed by atoms with Gasteiger partial charge in [0.25, 0.3) is 0 Å². The lowest BCUT2D eigenvalue weighted by molar-refractivity contribution is -0.152. The first-order chi connectivity index (χ1) is 6.49. The Kier molecular flexibility index (Phi) is 3.53. The van der Waals surface area contributed by atoms with Crippen molar-refractivity contribution in [3.8, 4) is 0 Å². The molecule has 0 amide bonds. The molecular formula is C11H20O3. The minimum Gasteiger partial charge on any atom is -0.481 e. The van der Waals surface area contributed by atoms with Crippen molar-refractivity contribution in [2.75, 3.05) is 0 Å². The van der Waals surface area contributed by atoms with E-state index in [-0.39, 0.29) is 0 Å². The monoisotopic (exact) mass is 200 g/mol. The Morgan fingerprint density at radius 1 is 1.64 bits per heavy atom. The van der Waals surface area contributed by atoms with Gasteiger partial charge >= 0.3 is 5.97 Å². The van der Waals surface area contributed by atoms with Crippen molar-refractivity contribution in [1.29, 1.82) is 0 Å². The average Bonchev–Trinajstić information content (AvgIpc) is 2.42. The summed E-state index contributed by atoms with van der Waals surface area (Å²) in [5, 5.41) is 19.3. The zero-order valence-corrected chi connectivity index (χ0v) is 8.99. The largest absolute Gasteiger partial charge is 0.481 e. The molecule has 1 fully saturated rings. The van der Waals surface area contributed by atoms with Gasteiger partial charge in [0.1, 0.15) is 0 Å². The summed E-state index contributed by atoms with van der Waals surface area (Å²) in [7, 11) is 0. The highest BCUT2D eigenvalue weighted by atomic mass is 16.4. The van der Waals surface area contributed by atoms with E-state index >= 15 is 0 Å². The Hall–Kier alpha value is -0.570. The van der Waals surface area contributed by atoms with Crippen LogP contribution in [0, 0.1) is 11.8 Å². The van der Waals surface area contributed by atoms with Gasteiger partial charge in [-0.15, -0.1) is 0 Å². The summed E-state index contributed by atoms with van der Waals surface area (Å²) in [6.07, 6.45) is 3.63. The summed E-state index contributed by atoms with van der Waals surface area (Å²) < 4.78 is 0. The molecule has 1 aliphatic rings. The lowest BCUT2D eigenvalue weighted by atomic mass is 9.82. The minimum atomic E-state index is -0.943. The highest BCUT2D eigenvalue weighted by Crippen LogP contribution is 2.41. The SMILES string of the molecule is CCCC(C(=O)O)C1(O)CCC(C)C1.